The van der Waals surface area contributed by atoms with E-state index in [4.69, 9.17) is 5.73 Å². The number of hydrogen-bond acceptors (Lipinski definition) is 3. The van der Waals surface area contributed by atoms with Crippen molar-refractivity contribution in [1.29, 1.82) is 0 Å². The van der Waals surface area contributed by atoms with Crippen molar-refractivity contribution in [2.24, 2.45) is 0 Å². The van der Waals surface area contributed by atoms with Crippen LogP contribution in [-0.2, 0) is 12.8 Å². The molecule has 0 saturated heterocycles. The van der Waals surface area contributed by atoms with Crippen molar-refractivity contribution in [3.63, 3.8) is 0 Å². The first-order valence-electron chi connectivity index (χ1n) is 6.88. The summed E-state index contributed by atoms with van der Waals surface area (Å²) in [7, 11) is 1.63. The lowest BCUT2D eigenvalue weighted by Crippen LogP contribution is -2.20. The molecule has 1 aliphatic rings. The molecule has 0 unspecified atom stereocenters. The summed E-state index contributed by atoms with van der Waals surface area (Å²) in [5.74, 6) is -0.113. The predicted molar refractivity (Wildman–Crippen MR) is 78.0 cm³/mol. The summed E-state index contributed by atoms with van der Waals surface area (Å²) in [4.78, 5) is 16.5. The summed E-state index contributed by atoms with van der Waals surface area (Å²) in [6.07, 6.45) is 6.16. The van der Waals surface area contributed by atoms with Crippen molar-refractivity contribution < 1.29 is 4.79 Å². The SMILES string of the molecule is CNC(=O)c1ccc(N)cc1-n1cnc2c1CCCC2. The molecule has 1 aliphatic carbocycles. The maximum atomic E-state index is 12.0. The van der Waals surface area contributed by atoms with E-state index in [1.54, 1.807) is 25.5 Å². The molecular formula is C15H18N4O. The zero-order valence-electron chi connectivity index (χ0n) is 11.5. The molecule has 0 fully saturated rings. The number of rotatable bonds is 2. The third kappa shape index (κ3) is 2.05. The zero-order chi connectivity index (χ0) is 14.1. The minimum absolute atomic E-state index is 0.113. The van der Waals surface area contributed by atoms with Gasteiger partial charge in [-0.15, -0.1) is 0 Å². The smallest absolute Gasteiger partial charge is 0.253 e. The molecule has 0 bridgehead atoms. The standard InChI is InChI=1S/C15H18N4O/c1-17-15(20)11-7-6-10(16)8-14(11)19-9-18-12-4-2-3-5-13(12)19/h6-9H,2-5,16H2,1H3,(H,17,20). The van der Waals surface area contributed by atoms with Crippen LogP contribution < -0.4 is 11.1 Å². The Labute approximate surface area is 117 Å². The van der Waals surface area contributed by atoms with Crippen molar-refractivity contribution in [2.75, 3.05) is 12.8 Å². The highest BCUT2D eigenvalue weighted by Crippen LogP contribution is 2.26. The lowest BCUT2D eigenvalue weighted by atomic mass is 10.0. The van der Waals surface area contributed by atoms with E-state index < -0.39 is 0 Å². The number of hydrogen-bond donors (Lipinski definition) is 2. The number of aryl methyl sites for hydroxylation is 1. The number of aromatic nitrogens is 2. The Hall–Kier alpha value is -2.30. The maximum Gasteiger partial charge on any atom is 0.253 e. The van der Waals surface area contributed by atoms with E-state index in [1.165, 1.54) is 12.1 Å². The Morgan fingerprint density at radius 1 is 1.35 bits per heavy atom. The van der Waals surface area contributed by atoms with Crippen LogP contribution in [0.15, 0.2) is 24.5 Å². The Morgan fingerprint density at radius 3 is 2.95 bits per heavy atom. The van der Waals surface area contributed by atoms with Gasteiger partial charge in [0, 0.05) is 18.4 Å². The number of nitrogens with two attached hydrogens (primary N) is 1. The van der Waals surface area contributed by atoms with Crippen LogP contribution in [0.3, 0.4) is 0 Å². The van der Waals surface area contributed by atoms with Crippen molar-refractivity contribution in [3.8, 4) is 5.69 Å². The molecule has 0 aliphatic heterocycles. The molecule has 0 radical (unpaired) electrons. The Bertz CT molecular complexity index is 660. The fraction of sp³-hybridized carbons (Fsp3) is 0.333. The van der Waals surface area contributed by atoms with Crippen molar-refractivity contribution in [2.45, 2.75) is 25.7 Å². The van der Waals surface area contributed by atoms with E-state index in [9.17, 15) is 4.79 Å². The van der Waals surface area contributed by atoms with Gasteiger partial charge in [-0.25, -0.2) is 4.98 Å². The van der Waals surface area contributed by atoms with Gasteiger partial charge in [0.2, 0.25) is 0 Å². The van der Waals surface area contributed by atoms with Crippen LogP contribution in [0.4, 0.5) is 5.69 Å². The van der Waals surface area contributed by atoms with Crippen LogP contribution in [0.2, 0.25) is 0 Å². The number of carbonyl (C=O) groups is 1. The van der Waals surface area contributed by atoms with Crippen LogP contribution in [-0.4, -0.2) is 22.5 Å². The molecule has 5 heteroatoms. The fourth-order valence-electron chi connectivity index (χ4n) is 2.75. The van der Waals surface area contributed by atoms with Crippen molar-refractivity contribution in [3.05, 3.63) is 41.5 Å². The van der Waals surface area contributed by atoms with Gasteiger partial charge in [-0.1, -0.05) is 0 Å². The number of nitrogens with zero attached hydrogens (tertiary/aromatic N) is 2. The Morgan fingerprint density at radius 2 is 2.15 bits per heavy atom. The highest BCUT2D eigenvalue weighted by atomic mass is 16.1. The second kappa shape index (κ2) is 5.00. The lowest BCUT2D eigenvalue weighted by Gasteiger charge is -2.16. The largest absolute Gasteiger partial charge is 0.399 e. The molecule has 2 aromatic rings. The minimum atomic E-state index is -0.113. The van der Waals surface area contributed by atoms with E-state index in [1.807, 2.05) is 10.6 Å². The first-order valence-corrected chi connectivity index (χ1v) is 6.88. The third-order valence-electron chi connectivity index (χ3n) is 3.78. The maximum absolute atomic E-state index is 12.0. The van der Waals surface area contributed by atoms with Crippen molar-refractivity contribution >= 4 is 11.6 Å². The number of amides is 1. The van der Waals surface area contributed by atoms with Gasteiger partial charge in [0.15, 0.2) is 0 Å². The van der Waals surface area contributed by atoms with E-state index in [0.29, 0.717) is 11.3 Å². The third-order valence-corrected chi connectivity index (χ3v) is 3.78. The van der Waals surface area contributed by atoms with Crippen LogP contribution in [0, 0.1) is 0 Å². The van der Waals surface area contributed by atoms with Crippen LogP contribution >= 0.6 is 0 Å². The van der Waals surface area contributed by atoms with Gasteiger partial charge in [0.1, 0.15) is 0 Å². The molecule has 1 aromatic carbocycles. The van der Waals surface area contributed by atoms with Gasteiger partial charge in [0.05, 0.1) is 23.3 Å². The van der Waals surface area contributed by atoms with Gasteiger partial charge in [-0.05, 0) is 43.9 Å². The van der Waals surface area contributed by atoms with E-state index in [0.717, 1.165) is 30.6 Å². The molecule has 0 saturated carbocycles. The second-order valence-electron chi connectivity index (χ2n) is 5.07. The summed E-state index contributed by atoms with van der Waals surface area (Å²) in [6, 6.07) is 5.34. The number of benzene rings is 1. The summed E-state index contributed by atoms with van der Waals surface area (Å²) < 4.78 is 2.01. The quantitative estimate of drug-likeness (QED) is 0.816. The second-order valence-corrected chi connectivity index (χ2v) is 5.07. The number of imidazole rings is 1. The average Bonchev–Trinajstić information content (AvgIpc) is 2.90. The Balaban J connectivity index is 2.16. The average molecular weight is 270 g/mol. The van der Waals surface area contributed by atoms with Crippen LogP contribution in [0.5, 0.6) is 0 Å². The molecule has 3 rings (SSSR count). The highest BCUT2D eigenvalue weighted by molar-refractivity contribution is 5.98. The molecule has 1 amide bonds. The number of nitrogen functional groups attached to an aromatic ring is 1. The van der Waals surface area contributed by atoms with Gasteiger partial charge in [-0.3, -0.25) is 4.79 Å². The van der Waals surface area contributed by atoms with E-state index in [-0.39, 0.29) is 5.91 Å². The summed E-state index contributed by atoms with van der Waals surface area (Å²) >= 11 is 0. The van der Waals surface area contributed by atoms with Crippen LogP contribution in [0.1, 0.15) is 34.6 Å². The van der Waals surface area contributed by atoms with E-state index >= 15 is 0 Å². The number of fused-ring (bicyclic) bond motifs is 1. The minimum Gasteiger partial charge on any atom is -0.399 e. The molecule has 104 valence electrons. The normalized spacial score (nSPS) is 13.8. The number of anilines is 1. The van der Waals surface area contributed by atoms with E-state index in [2.05, 4.69) is 10.3 Å². The molecule has 1 aromatic heterocycles. The molecule has 0 spiro atoms. The van der Waals surface area contributed by atoms with Gasteiger partial charge in [0.25, 0.3) is 5.91 Å². The van der Waals surface area contributed by atoms with Crippen molar-refractivity contribution in [1.82, 2.24) is 14.9 Å². The first kappa shape index (κ1) is 12.7. The monoisotopic (exact) mass is 270 g/mol. The zero-order valence-corrected chi connectivity index (χ0v) is 11.5. The van der Waals surface area contributed by atoms with Gasteiger partial charge < -0.3 is 15.6 Å². The molecule has 20 heavy (non-hydrogen) atoms. The number of nitrogens with one attached hydrogen (secondary N) is 1. The molecular weight excluding hydrogens is 252 g/mol. The number of carbonyl (C=O) groups excluding carboxylic acids is 1. The van der Waals surface area contributed by atoms with Crippen LogP contribution in [0.25, 0.3) is 5.69 Å². The fourth-order valence-corrected chi connectivity index (χ4v) is 2.75. The molecule has 3 N–H and O–H groups in total. The highest BCUT2D eigenvalue weighted by Gasteiger charge is 2.19. The summed E-state index contributed by atoms with van der Waals surface area (Å²) in [5.41, 5.74) is 10.3. The van der Waals surface area contributed by atoms with Gasteiger partial charge >= 0.3 is 0 Å². The predicted octanol–water partition coefficient (Wildman–Crippen LogP) is 1.69. The molecule has 0 atom stereocenters. The topological polar surface area (TPSA) is 72.9 Å². The summed E-state index contributed by atoms with van der Waals surface area (Å²) in [6.45, 7) is 0. The van der Waals surface area contributed by atoms with Gasteiger partial charge in [-0.2, -0.15) is 0 Å². The molecule has 5 nitrogen and oxygen atoms in total. The summed E-state index contributed by atoms with van der Waals surface area (Å²) in [5, 5.41) is 2.67. The Kier molecular flexibility index (Phi) is 3.18. The first-order chi connectivity index (χ1) is 9.70. The lowest BCUT2D eigenvalue weighted by molar-refractivity contribution is 0.0963. The molecule has 1 heterocycles.